The molecule has 0 unspecified atom stereocenters. The summed E-state index contributed by atoms with van der Waals surface area (Å²) in [6, 6.07) is 13.5. The summed E-state index contributed by atoms with van der Waals surface area (Å²) < 4.78 is 0. The molecule has 0 radical (unpaired) electrons. The van der Waals surface area contributed by atoms with E-state index < -0.39 is 0 Å². The van der Waals surface area contributed by atoms with E-state index in [9.17, 15) is 0 Å². The Kier molecular flexibility index (Phi) is 5.47. The van der Waals surface area contributed by atoms with Crippen LogP contribution < -0.4 is 10.6 Å². The van der Waals surface area contributed by atoms with E-state index in [1.165, 1.54) is 54.5 Å². The molecule has 1 aliphatic carbocycles. The maximum atomic E-state index is 4.33. The van der Waals surface area contributed by atoms with Crippen molar-refractivity contribution in [3.05, 3.63) is 65.2 Å². The number of nitrogens with one attached hydrogen (secondary N) is 2. The third kappa shape index (κ3) is 4.25. The Bertz CT molecular complexity index is 731. The summed E-state index contributed by atoms with van der Waals surface area (Å²) >= 11 is 0. The smallest absolute Gasteiger partial charge is 0.0478 e. The van der Waals surface area contributed by atoms with Crippen LogP contribution in [-0.4, -0.2) is 6.04 Å². The second-order valence-corrected chi connectivity index (χ2v) is 7.40. The maximum absolute atomic E-state index is 4.33. The molecule has 1 saturated carbocycles. The molecular formula is C23H30N2. The minimum atomic E-state index is 0.567. The Morgan fingerprint density at radius 3 is 2.28 bits per heavy atom. The van der Waals surface area contributed by atoms with Gasteiger partial charge >= 0.3 is 0 Å². The van der Waals surface area contributed by atoms with Gasteiger partial charge in [-0.1, -0.05) is 61.7 Å². The Balaban J connectivity index is 1.82. The van der Waals surface area contributed by atoms with Crippen molar-refractivity contribution < 1.29 is 0 Å². The SMILES string of the molecule is C=C(NC1CCCCC1)c1ccccc1Nc1c(C)cc(C)cc1C. The lowest BCUT2D eigenvalue weighted by molar-refractivity contribution is 0.409. The van der Waals surface area contributed by atoms with Crippen LogP contribution in [0, 0.1) is 20.8 Å². The molecule has 0 atom stereocenters. The van der Waals surface area contributed by atoms with Gasteiger partial charge in [-0.25, -0.2) is 0 Å². The van der Waals surface area contributed by atoms with Gasteiger partial charge in [0, 0.05) is 28.7 Å². The van der Waals surface area contributed by atoms with Crippen molar-refractivity contribution in [1.29, 1.82) is 0 Å². The zero-order chi connectivity index (χ0) is 17.8. The van der Waals surface area contributed by atoms with E-state index in [1.54, 1.807) is 0 Å². The molecule has 2 heteroatoms. The first kappa shape index (κ1) is 17.6. The fraction of sp³-hybridized carbons (Fsp3) is 0.391. The second-order valence-electron chi connectivity index (χ2n) is 7.40. The molecule has 0 amide bonds. The van der Waals surface area contributed by atoms with Gasteiger partial charge in [-0.2, -0.15) is 0 Å². The molecule has 0 bridgehead atoms. The summed E-state index contributed by atoms with van der Waals surface area (Å²) in [5, 5.41) is 7.32. The second kappa shape index (κ2) is 7.77. The van der Waals surface area contributed by atoms with Gasteiger partial charge in [-0.15, -0.1) is 0 Å². The molecule has 0 aromatic heterocycles. The number of benzene rings is 2. The van der Waals surface area contributed by atoms with Crippen LogP contribution in [0.4, 0.5) is 11.4 Å². The fourth-order valence-corrected chi connectivity index (χ4v) is 3.94. The number of anilines is 2. The standard InChI is InChI=1S/C23H30N2/c1-16-14-17(2)23(18(3)15-16)25-22-13-9-8-12-21(22)19(4)24-20-10-6-5-7-11-20/h8-9,12-15,20,24-25H,4-7,10-11H2,1-3H3. The first-order chi connectivity index (χ1) is 12.0. The molecule has 25 heavy (non-hydrogen) atoms. The van der Waals surface area contributed by atoms with Gasteiger partial charge in [0.1, 0.15) is 0 Å². The first-order valence-electron chi connectivity index (χ1n) is 9.44. The molecule has 2 aromatic rings. The number of hydrogen-bond donors (Lipinski definition) is 2. The van der Waals surface area contributed by atoms with Gasteiger partial charge in [0.15, 0.2) is 0 Å². The minimum absolute atomic E-state index is 0.567. The molecule has 2 nitrogen and oxygen atoms in total. The highest BCUT2D eigenvalue weighted by atomic mass is 14.9. The first-order valence-corrected chi connectivity index (χ1v) is 9.44. The largest absolute Gasteiger partial charge is 0.382 e. The fourth-order valence-electron chi connectivity index (χ4n) is 3.94. The lowest BCUT2D eigenvalue weighted by atomic mass is 9.95. The predicted molar refractivity (Wildman–Crippen MR) is 109 cm³/mol. The molecule has 0 aliphatic heterocycles. The van der Waals surface area contributed by atoms with E-state index in [1.807, 2.05) is 0 Å². The average Bonchev–Trinajstić information content (AvgIpc) is 2.59. The van der Waals surface area contributed by atoms with Crippen LogP contribution >= 0.6 is 0 Å². The Morgan fingerprint density at radius 1 is 0.960 bits per heavy atom. The van der Waals surface area contributed by atoms with Crippen molar-refractivity contribution in [2.24, 2.45) is 0 Å². The van der Waals surface area contributed by atoms with Crippen molar-refractivity contribution in [1.82, 2.24) is 5.32 Å². The van der Waals surface area contributed by atoms with E-state index in [2.05, 4.69) is 74.4 Å². The van der Waals surface area contributed by atoms with Crippen molar-refractivity contribution in [3.63, 3.8) is 0 Å². The highest BCUT2D eigenvalue weighted by molar-refractivity contribution is 5.79. The van der Waals surface area contributed by atoms with E-state index in [0.29, 0.717) is 6.04 Å². The van der Waals surface area contributed by atoms with Crippen LogP contribution in [-0.2, 0) is 0 Å². The van der Waals surface area contributed by atoms with Crippen molar-refractivity contribution >= 4 is 17.1 Å². The summed E-state index contributed by atoms with van der Waals surface area (Å²) in [7, 11) is 0. The molecule has 3 rings (SSSR count). The molecule has 0 spiro atoms. The topological polar surface area (TPSA) is 24.1 Å². The molecule has 0 heterocycles. The maximum Gasteiger partial charge on any atom is 0.0478 e. The predicted octanol–water partition coefficient (Wildman–Crippen LogP) is 6.25. The Hall–Kier alpha value is -2.22. The Morgan fingerprint density at radius 2 is 1.60 bits per heavy atom. The van der Waals surface area contributed by atoms with Crippen LogP contribution in [0.1, 0.15) is 54.4 Å². The van der Waals surface area contributed by atoms with Crippen molar-refractivity contribution in [2.75, 3.05) is 5.32 Å². The molecule has 132 valence electrons. The van der Waals surface area contributed by atoms with Gasteiger partial charge in [0.2, 0.25) is 0 Å². The van der Waals surface area contributed by atoms with E-state index in [-0.39, 0.29) is 0 Å². The molecule has 2 N–H and O–H groups in total. The van der Waals surface area contributed by atoms with Gasteiger partial charge in [-0.3, -0.25) is 0 Å². The molecule has 1 aliphatic rings. The van der Waals surface area contributed by atoms with Crippen molar-refractivity contribution in [3.8, 4) is 0 Å². The van der Waals surface area contributed by atoms with E-state index in [4.69, 9.17) is 0 Å². The zero-order valence-corrected chi connectivity index (χ0v) is 15.8. The van der Waals surface area contributed by atoms with Crippen LogP contribution in [0.5, 0.6) is 0 Å². The minimum Gasteiger partial charge on any atom is -0.382 e. The van der Waals surface area contributed by atoms with Crippen LogP contribution in [0.15, 0.2) is 43.0 Å². The molecular weight excluding hydrogens is 304 g/mol. The van der Waals surface area contributed by atoms with Crippen LogP contribution in [0.3, 0.4) is 0 Å². The average molecular weight is 335 g/mol. The molecule has 0 saturated heterocycles. The number of rotatable bonds is 5. The monoisotopic (exact) mass is 334 g/mol. The third-order valence-corrected chi connectivity index (χ3v) is 5.17. The lowest BCUT2D eigenvalue weighted by Crippen LogP contribution is -2.29. The number of para-hydroxylation sites is 1. The van der Waals surface area contributed by atoms with Crippen molar-refractivity contribution in [2.45, 2.75) is 58.9 Å². The summed E-state index contributed by atoms with van der Waals surface area (Å²) in [5.74, 6) is 0. The summed E-state index contributed by atoms with van der Waals surface area (Å²) in [6.45, 7) is 10.8. The van der Waals surface area contributed by atoms with Gasteiger partial charge in [0.25, 0.3) is 0 Å². The van der Waals surface area contributed by atoms with Crippen LogP contribution in [0.25, 0.3) is 5.70 Å². The summed E-state index contributed by atoms with van der Waals surface area (Å²) in [4.78, 5) is 0. The van der Waals surface area contributed by atoms with Gasteiger partial charge < -0.3 is 10.6 Å². The highest BCUT2D eigenvalue weighted by Crippen LogP contribution is 2.30. The number of hydrogen-bond acceptors (Lipinski definition) is 2. The van der Waals surface area contributed by atoms with Gasteiger partial charge in [0.05, 0.1) is 0 Å². The van der Waals surface area contributed by atoms with E-state index >= 15 is 0 Å². The van der Waals surface area contributed by atoms with Gasteiger partial charge in [-0.05, 0) is 50.8 Å². The third-order valence-electron chi connectivity index (χ3n) is 5.17. The molecule has 2 aromatic carbocycles. The quantitative estimate of drug-likeness (QED) is 0.675. The number of aryl methyl sites for hydroxylation is 3. The molecule has 1 fully saturated rings. The lowest BCUT2D eigenvalue weighted by Gasteiger charge is -2.26. The van der Waals surface area contributed by atoms with Crippen LogP contribution in [0.2, 0.25) is 0 Å². The zero-order valence-electron chi connectivity index (χ0n) is 15.8. The van der Waals surface area contributed by atoms with E-state index in [0.717, 1.165) is 16.9 Å². The summed E-state index contributed by atoms with van der Waals surface area (Å²) in [6.07, 6.45) is 6.53. The Labute approximate surface area is 152 Å². The summed E-state index contributed by atoms with van der Waals surface area (Å²) in [5.41, 5.74) is 8.35. The highest BCUT2D eigenvalue weighted by Gasteiger charge is 2.15. The normalized spacial score (nSPS) is 15.0.